The molecule has 2 aromatic heterocycles. The lowest BCUT2D eigenvalue weighted by Gasteiger charge is -2.27. The molecular formula is C26H26FN3O3. The summed E-state index contributed by atoms with van der Waals surface area (Å²) in [4.78, 5) is 17.0. The standard InChI is InChI=1S/C26H26FN3O3/c1-15-11-12-18(13-19(15)27)23-22(24(25(31)32)33-26(3,4)5)16(2)28-21-14-20(29-30(21)23)17-9-7-6-8-10-17/h6-14,24H,1-5H3,(H,31,32). The molecule has 7 heteroatoms. The predicted octanol–water partition coefficient (Wildman–Crippen LogP) is 5.76. The summed E-state index contributed by atoms with van der Waals surface area (Å²) in [5.74, 6) is -1.54. The highest BCUT2D eigenvalue weighted by Gasteiger charge is 2.33. The van der Waals surface area contributed by atoms with Crippen LogP contribution in [0.2, 0.25) is 0 Å². The molecule has 0 saturated heterocycles. The summed E-state index contributed by atoms with van der Waals surface area (Å²) in [6.45, 7) is 8.78. The lowest BCUT2D eigenvalue weighted by Crippen LogP contribution is -2.29. The Morgan fingerprint density at radius 1 is 1.06 bits per heavy atom. The molecule has 0 bridgehead atoms. The van der Waals surface area contributed by atoms with Crippen molar-refractivity contribution in [3.63, 3.8) is 0 Å². The van der Waals surface area contributed by atoms with Gasteiger partial charge >= 0.3 is 5.97 Å². The number of fused-ring (bicyclic) bond motifs is 1. The second kappa shape index (κ2) is 8.41. The SMILES string of the molecule is Cc1ccc(-c2c(C(OC(C)(C)C)C(=O)O)c(C)nc3cc(-c4ccccc4)nn23)cc1F. The van der Waals surface area contributed by atoms with E-state index in [4.69, 9.17) is 9.84 Å². The number of rotatable bonds is 5. The first-order valence-corrected chi connectivity index (χ1v) is 10.7. The third-order valence-corrected chi connectivity index (χ3v) is 5.30. The van der Waals surface area contributed by atoms with Gasteiger partial charge in [-0.15, -0.1) is 0 Å². The maximum atomic E-state index is 14.6. The van der Waals surface area contributed by atoms with E-state index < -0.39 is 17.7 Å². The van der Waals surface area contributed by atoms with E-state index in [1.54, 1.807) is 51.3 Å². The van der Waals surface area contributed by atoms with Crippen molar-refractivity contribution in [3.05, 3.63) is 77.2 Å². The van der Waals surface area contributed by atoms with Crippen molar-refractivity contribution in [2.45, 2.75) is 46.3 Å². The van der Waals surface area contributed by atoms with E-state index in [0.29, 0.717) is 39.4 Å². The first-order valence-electron chi connectivity index (χ1n) is 10.7. The van der Waals surface area contributed by atoms with Crippen LogP contribution in [0.3, 0.4) is 0 Å². The second-order valence-corrected chi connectivity index (χ2v) is 9.04. The lowest BCUT2D eigenvalue weighted by molar-refractivity contribution is -0.160. The largest absolute Gasteiger partial charge is 0.479 e. The number of aliphatic carboxylic acids is 1. The van der Waals surface area contributed by atoms with Crippen LogP contribution in [-0.2, 0) is 9.53 Å². The molecule has 0 radical (unpaired) electrons. The van der Waals surface area contributed by atoms with Crippen LogP contribution in [-0.4, -0.2) is 31.3 Å². The number of aromatic nitrogens is 3. The van der Waals surface area contributed by atoms with Gasteiger partial charge in [0, 0.05) is 28.5 Å². The van der Waals surface area contributed by atoms with Gasteiger partial charge in [0.1, 0.15) is 5.82 Å². The van der Waals surface area contributed by atoms with Crippen LogP contribution in [0.5, 0.6) is 0 Å². The van der Waals surface area contributed by atoms with Gasteiger partial charge in [0.2, 0.25) is 0 Å². The number of carboxylic acid groups (broad SMARTS) is 1. The van der Waals surface area contributed by atoms with Gasteiger partial charge in [-0.2, -0.15) is 5.10 Å². The van der Waals surface area contributed by atoms with Crippen molar-refractivity contribution in [1.29, 1.82) is 0 Å². The minimum absolute atomic E-state index is 0.343. The molecule has 0 aliphatic heterocycles. The number of aryl methyl sites for hydroxylation is 2. The zero-order valence-electron chi connectivity index (χ0n) is 19.3. The number of benzene rings is 2. The van der Waals surface area contributed by atoms with Crippen molar-refractivity contribution < 1.29 is 19.0 Å². The molecule has 0 aliphatic rings. The van der Waals surface area contributed by atoms with Crippen molar-refractivity contribution in [3.8, 4) is 22.5 Å². The molecule has 0 amide bonds. The van der Waals surface area contributed by atoms with Gasteiger partial charge in [0.25, 0.3) is 0 Å². The molecule has 2 heterocycles. The first kappa shape index (κ1) is 22.6. The molecule has 4 aromatic rings. The fraction of sp³-hybridized carbons (Fsp3) is 0.269. The van der Waals surface area contributed by atoms with Gasteiger partial charge in [-0.1, -0.05) is 42.5 Å². The summed E-state index contributed by atoms with van der Waals surface area (Å²) in [6.07, 6.45) is -1.31. The van der Waals surface area contributed by atoms with Crippen molar-refractivity contribution in [2.75, 3.05) is 0 Å². The Kier molecular flexibility index (Phi) is 5.76. The van der Waals surface area contributed by atoms with Crippen LogP contribution in [0.1, 0.15) is 43.7 Å². The van der Waals surface area contributed by atoms with Crippen LogP contribution >= 0.6 is 0 Å². The Hall–Kier alpha value is -3.58. The van der Waals surface area contributed by atoms with Crippen LogP contribution in [0.15, 0.2) is 54.6 Å². The molecule has 0 aliphatic carbocycles. The van der Waals surface area contributed by atoms with Gasteiger partial charge in [0.05, 0.1) is 17.0 Å². The lowest BCUT2D eigenvalue weighted by atomic mass is 9.98. The molecule has 0 saturated carbocycles. The summed E-state index contributed by atoms with van der Waals surface area (Å²) in [5.41, 5.74) is 3.62. The van der Waals surface area contributed by atoms with E-state index >= 15 is 0 Å². The van der Waals surface area contributed by atoms with E-state index in [2.05, 4.69) is 4.98 Å². The van der Waals surface area contributed by atoms with Crippen molar-refractivity contribution in [2.24, 2.45) is 0 Å². The number of halogens is 1. The molecule has 6 nitrogen and oxygen atoms in total. The highest BCUT2D eigenvalue weighted by molar-refractivity contribution is 5.81. The summed E-state index contributed by atoms with van der Waals surface area (Å²) in [6, 6.07) is 16.3. The zero-order chi connectivity index (χ0) is 23.9. The summed E-state index contributed by atoms with van der Waals surface area (Å²) in [7, 11) is 0. The molecule has 1 N–H and O–H groups in total. The molecule has 0 spiro atoms. The minimum Gasteiger partial charge on any atom is -0.479 e. The normalized spacial score (nSPS) is 12.8. The fourth-order valence-corrected chi connectivity index (χ4v) is 3.80. The highest BCUT2D eigenvalue weighted by Crippen LogP contribution is 2.36. The molecule has 1 unspecified atom stereocenters. The number of ether oxygens (including phenoxy) is 1. The number of carboxylic acids is 1. The Bertz CT molecular complexity index is 1340. The number of hydrogen-bond donors (Lipinski definition) is 1. The number of hydrogen-bond acceptors (Lipinski definition) is 4. The predicted molar refractivity (Wildman–Crippen MR) is 125 cm³/mol. The van der Waals surface area contributed by atoms with Gasteiger partial charge < -0.3 is 9.84 Å². The maximum absolute atomic E-state index is 14.6. The Morgan fingerprint density at radius 3 is 2.36 bits per heavy atom. The van der Waals surface area contributed by atoms with Gasteiger partial charge in [-0.05, 0) is 46.2 Å². The maximum Gasteiger partial charge on any atom is 0.337 e. The average molecular weight is 448 g/mol. The monoisotopic (exact) mass is 447 g/mol. The van der Waals surface area contributed by atoms with Gasteiger partial charge in [-0.3, -0.25) is 0 Å². The third-order valence-electron chi connectivity index (χ3n) is 5.30. The smallest absolute Gasteiger partial charge is 0.337 e. The number of nitrogens with zero attached hydrogens (tertiary/aromatic N) is 3. The Morgan fingerprint density at radius 2 is 1.76 bits per heavy atom. The third kappa shape index (κ3) is 4.50. The summed E-state index contributed by atoms with van der Waals surface area (Å²) < 4.78 is 22.1. The van der Waals surface area contributed by atoms with Crippen LogP contribution in [0, 0.1) is 19.7 Å². The zero-order valence-corrected chi connectivity index (χ0v) is 19.3. The van der Waals surface area contributed by atoms with Crippen molar-refractivity contribution >= 4 is 11.6 Å². The first-order chi connectivity index (χ1) is 15.5. The quantitative estimate of drug-likeness (QED) is 0.421. The molecule has 0 fully saturated rings. The average Bonchev–Trinajstić information content (AvgIpc) is 3.17. The van der Waals surface area contributed by atoms with Crippen LogP contribution in [0.4, 0.5) is 4.39 Å². The molecular weight excluding hydrogens is 421 g/mol. The molecule has 1 atom stereocenters. The van der Waals surface area contributed by atoms with E-state index in [1.165, 1.54) is 6.07 Å². The number of carbonyl (C=O) groups is 1. The highest BCUT2D eigenvalue weighted by atomic mass is 19.1. The molecule has 4 rings (SSSR count). The minimum atomic E-state index is -1.31. The molecule has 170 valence electrons. The summed E-state index contributed by atoms with van der Waals surface area (Å²) in [5, 5.41) is 14.8. The molecule has 2 aromatic carbocycles. The van der Waals surface area contributed by atoms with Gasteiger partial charge in [-0.25, -0.2) is 18.7 Å². The van der Waals surface area contributed by atoms with E-state index in [1.807, 2.05) is 36.4 Å². The van der Waals surface area contributed by atoms with E-state index in [9.17, 15) is 14.3 Å². The van der Waals surface area contributed by atoms with Crippen LogP contribution < -0.4 is 0 Å². The van der Waals surface area contributed by atoms with Crippen LogP contribution in [0.25, 0.3) is 28.2 Å². The van der Waals surface area contributed by atoms with Crippen molar-refractivity contribution in [1.82, 2.24) is 14.6 Å². The Balaban J connectivity index is 2.06. The topological polar surface area (TPSA) is 76.7 Å². The van der Waals surface area contributed by atoms with Gasteiger partial charge in [0.15, 0.2) is 11.8 Å². The fourth-order valence-electron chi connectivity index (χ4n) is 3.80. The molecule has 33 heavy (non-hydrogen) atoms. The second-order valence-electron chi connectivity index (χ2n) is 9.04. The van der Waals surface area contributed by atoms with E-state index in [0.717, 1.165) is 5.56 Å². The summed E-state index contributed by atoms with van der Waals surface area (Å²) >= 11 is 0. The van der Waals surface area contributed by atoms with E-state index in [-0.39, 0.29) is 5.82 Å². The Labute approximate surface area is 191 Å².